The maximum atomic E-state index is 12.6. The van der Waals surface area contributed by atoms with Crippen LogP contribution in [0.3, 0.4) is 0 Å². The summed E-state index contributed by atoms with van der Waals surface area (Å²) in [6.45, 7) is 4.62. The second kappa shape index (κ2) is 6.10. The van der Waals surface area contributed by atoms with E-state index in [0.29, 0.717) is 12.2 Å². The van der Waals surface area contributed by atoms with Crippen LogP contribution in [0.5, 0.6) is 0 Å². The average molecular weight is 293 g/mol. The molecule has 0 spiro atoms. The molecule has 2 aromatic heterocycles. The minimum Gasteiger partial charge on any atom is -0.292 e. The standard InChI is InChI=1S/C18H19N3O/c1-3-13(2)18(22)17-15-6-4-5-7-16(15)21(20-17)12-14-8-10-19-11-9-14/h4-11,13H,3,12H2,1-2H3. The van der Waals surface area contributed by atoms with Gasteiger partial charge in [-0.25, -0.2) is 0 Å². The summed E-state index contributed by atoms with van der Waals surface area (Å²) < 4.78 is 1.90. The normalized spacial score (nSPS) is 12.5. The van der Waals surface area contributed by atoms with E-state index in [9.17, 15) is 4.79 Å². The third kappa shape index (κ3) is 2.64. The molecular formula is C18H19N3O. The largest absolute Gasteiger partial charge is 0.292 e. The molecule has 0 amide bonds. The Balaban J connectivity index is 2.06. The quantitative estimate of drug-likeness (QED) is 0.674. The van der Waals surface area contributed by atoms with Gasteiger partial charge in [0.15, 0.2) is 5.78 Å². The molecule has 0 bridgehead atoms. The van der Waals surface area contributed by atoms with Crippen LogP contribution >= 0.6 is 0 Å². The minimum absolute atomic E-state index is 0.00678. The van der Waals surface area contributed by atoms with Crippen molar-refractivity contribution in [2.45, 2.75) is 26.8 Å². The fourth-order valence-electron chi connectivity index (χ4n) is 2.51. The molecule has 1 unspecified atom stereocenters. The van der Waals surface area contributed by atoms with Crippen molar-refractivity contribution in [2.24, 2.45) is 5.92 Å². The van der Waals surface area contributed by atoms with Crippen LogP contribution in [0.25, 0.3) is 10.9 Å². The van der Waals surface area contributed by atoms with Crippen molar-refractivity contribution in [2.75, 3.05) is 0 Å². The zero-order valence-corrected chi connectivity index (χ0v) is 12.9. The highest BCUT2D eigenvalue weighted by molar-refractivity contribution is 6.06. The summed E-state index contributed by atoms with van der Waals surface area (Å²) in [5.74, 6) is 0.111. The van der Waals surface area contributed by atoms with Crippen molar-refractivity contribution in [1.82, 2.24) is 14.8 Å². The van der Waals surface area contributed by atoms with E-state index < -0.39 is 0 Å². The molecule has 0 fully saturated rings. The van der Waals surface area contributed by atoms with Crippen LogP contribution < -0.4 is 0 Å². The first kappa shape index (κ1) is 14.4. The number of benzene rings is 1. The smallest absolute Gasteiger partial charge is 0.186 e. The molecule has 1 atom stereocenters. The zero-order chi connectivity index (χ0) is 15.5. The minimum atomic E-state index is -0.00678. The SMILES string of the molecule is CCC(C)C(=O)c1nn(Cc2ccncc2)c2ccccc12. The Bertz CT molecular complexity index is 792. The number of rotatable bonds is 5. The Labute approximate surface area is 129 Å². The number of nitrogens with zero attached hydrogens (tertiary/aromatic N) is 3. The number of fused-ring (bicyclic) bond motifs is 1. The van der Waals surface area contributed by atoms with Gasteiger partial charge in [0.25, 0.3) is 0 Å². The Hall–Kier alpha value is -2.49. The van der Waals surface area contributed by atoms with Gasteiger partial charge in [-0.1, -0.05) is 32.0 Å². The van der Waals surface area contributed by atoms with Gasteiger partial charge in [0.1, 0.15) is 5.69 Å². The molecule has 0 radical (unpaired) electrons. The first-order chi connectivity index (χ1) is 10.7. The summed E-state index contributed by atoms with van der Waals surface area (Å²) in [7, 11) is 0. The van der Waals surface area contributed by atoms with Crippen LogP contribution in [0.2, 0.25) is 0 Å². The van der Waals surface area contributed by atoms with E-state index >= 15 is 0 Å². The van der Waals surface area contributed by atoms with Crippen molar-refractivity contribution >= 4 is 16.7 Å². The Morgan fingerprint density at radius 2 is 1.91 bits per heavy atom. The third-order valence-electron chi connectivity index (χ3n) is 4.03. The highest BCUT2D eigenvalue weighted by atomic mass is 16.1. The lowest BCUT2D eigenvalue weighted by molar-refractivity contribution is 0.0923. The first-order valence-electron chi connectivity index (χ1n) is 7.59. The lowest BCUT2D eigenvalue weighted by Gasteiger charge is -2.04. The molecular weight excluding hydrogens is 274 g/mol. The van der Waals surface area contributed by atoms with Crippen LogP contribution in [0, 0.1) is 5.92 Å². The van der Waals surface area contributed by atoms with Gasteiger partial charge in [-0.15, -0.1) is 0 Å². The second-order valence-electron chi connectivity index (χ2n) is 5.55. The van der Waals surface area contributed by atoms with E-state index in [0.717, 1.165) is 22.9 Å². The predicted octanol–water partition coefficient (Wildman–Crippen LogP) is 3.71. The molecule has 3 aromatic rings. The molecule has 0 saturated heterocycles. The number of para-hydroxylation sites is 1. The average Bonchev–Trinajstić information content (AvgIpc) is 2.93. The molecule has 112 valence electrons. The van der Waals surface area contributed by atoms with Crippen LogP contribution in [-0.2, 0) is 6.54 Å². The molecule has 22 heavy (non-hydrogen) atoms. The molecule has 2 heterocycles. The molecule has 0 aliphatic rings. The molecule has 0 aliphatic carbocycles. The fourth-order valence-corrected chi connectivity index (χ4v) is 2.51. The van der Waals surface area contributed by atoms with E-state index in [2.05, 4.69) is 10.1 Å². The van der Waals surface area contributed by atoms with E-state index in [1.54, 1.807) is 12.4 Å². The molecule has 4 heteroatoms. The lowest BCUT2D eigenvalue weighted by Crippen LogP contribution is -2.12. The number of hydrogen-bond donors (Lipinski definition) is 0. The van der Waals surface area contributed by atoms with Crippen LogP contribution in [0.4, 0.5) is 0 Å². The Kier molecular flexibility index (Phi) is 4.00. The van der Waals surface area contributed by atoms with E-state index in [4.69, 9.17) is 0 Å². The summed E-state index contributed by atoms with van der Waals surface area (Å²) in [5, 5.41) is 5.53. The maximum Gasteiger partial charge on any atom is 0.186 e. The van der Waals surface area contributed by atoms with Gasteiger partial charge in [0, 0.05) is 23.7 Å². The van der Waals surface area contributed by atoms with Crippen LogP contribution in [0.1, 0.15) is 36.3 Å². The number of aromatic nitrogens is 3. The molecule has 4 nitrogen and oxygen atoms in total. The van der Waals surface area contributed by atoms with Crippen molar-refractivity contribution < 1.29 is 4.79 Å². The topological polar surface area (TPSA) is 47.8 Å². The monoisotopic (exact) mass is 293 g/mol. The van der Waals surface area contributed by atoms with E-state index in [-0.39, 0.29) is 11.7 Å². The zero-order valence-electron chi connectivity index (χ0n) is 12.9. The first-order valence-corrected chi connectivity index (χ1v) is 7.59. The second-order valence-corrected chi connectivity index (χ2v) is 5.55. The van der Waals surface area contributed by atoms with Gasteiger partial charge in [-0.05, 0) is 30.2 Å². The third-order valence-corrected chi connectivity index (χ3v) is 4.03. The number of carbonyl (C=O) groups excluding carboxylic acids is 1. The van der Waals surface area contributed by atoms with E-state index in [1.807, 2.05) is 54.9 Å². The summed E-state index contributed by atoms with van der Waals surface area (Å²) in [6.07, 6.45) is 4.36. The fraction of sp³-hybridized carbons (Fsp3) is 0.278. The van der Waals surface area contributed by atoms with Gasteiger partial charge in [-0.3, -0.25) is 14.5 Å². The summed E-state index contributed by atoms with van der Waals surface area (Å²) >= 11 is 0. The van der Waals surface area contributed by atoms with Crippen molar-refractivity contribution in [3.05, 3.63) is 60.0 Å². The van der Waals surface area contributed by atoms with Gasteiger partial charge in [0.05, 0.1) is 12.1 Å². The molecule has 1 aromatic carbocycles. The Morgan fingerprint density at radius 1 is 1.18 bits per heavy atom. The summed E-state index contributed by atoms with van der Waals surface area (Å²) in [5.41, 5.74) is 2.69. The summed E-state index contributed by atoms with van der Waals surface area (Å²) in [4.78, 5) is 16.6. The molecule has 0 N–H and O–H groups in total. The van der Waals surface area contributed by atoms with Crippen molar-refractivity contribution in [3.63, 3.8) is 0 Å². The highest BCUT2D eigenvalue weighted by Gasteiger charge is 2.20. The van der Waals surface area contributed by atoms with Gasteiger partial charge in [0.2, 0.25) is 0 Å². The van der Waals surface area contributed by atoms with Gasteiger partial charge in [-0.2, -0.15) is 5.10 Å². The van der Waals surface area contributed by atoms with Crippen molar-refractivity contribution in [1.29, 1.82) is 0 Å². The molecule has 0 saturated carbocycles. The Morgan fingerprint density at radius 3 is 2.64 bits per heavy atom. The van der Waals surface area contributed by atoms with E-state index in [1.165, 1.54) is 0 Å². The van der Waals surface area contributed by atoms with Crippen LogP contribution in [-0.4, -0.2) is 20.5 Å². The molecule has 0 aliphatic heterocycles. The van der Waals surface area contributed by atoms with Crippen LogP contribution in [0.15, 0.2) is 48.8 Å². The summed E-state index contributed by atoms with van der Waals surface area (Å²) in [6, 6.07) is 11.8. The maximum absolute atomic E-state index is 12.6. The number of hydrogen-bond acceptors (Lipinski definition) is 3. The lowest BCUT2D eigenvalue weighted by atomic mass is 9.99. The molecule has 3 rings (SSSR count). The van der Waals surface area contributed by atoms with Crippen molar-refractivity contribution in [3.8, 4) is 0 Å². The van der Waals surface area contributed by atoms with Gasteiger partial charge >= 0.3 is 0 Å². The van der Waals surface area contributed by atoms with Gasteiger partial charge < -0.3 is 0 Å². The number of Topliss-reactive ketones (excluding diaryl/α,β-unsaturated/α-hetero) is 1. The number of carbonyl (C=O) groups is 1. The number of pyridine rings is 1. The predicted molar refractivity (Wildman–Crippen MR) is 86.9 cm³/mol. The number of ketones is 1. The highest BCUT2D eigenvalue weighted by Crippen LogP contribution is 2.22.